The Balaban J connectivity index is 2.00. The van der Waals surface area contributed by atoms with E-state index in [0.29, 0.717) is 0 Å². The van der Waals surface area contributed by atoms with Gasteiger partial charge in [-0.3, -0.25) is 0 Å². The van der Waals surface area contributed by atoms with Crippen molar-refractivity contribution in [2.45, 2.75) is 11.3 Å². The Kier molecular flexibility index (Phi) is 4.10. The largest absolute Gasteiger partial charge is 0.399 e. The third-order valence-electron chi connectivity index (χ3n) is 5.19. The standard InChI is InChI=1S/C24H22N2/c25-21-13-11-20(12-14-21)24(19-9-5-2-6-10-19)16-15-22(26)17-23(24)18-7-3-1-4-8-18/h1-17,23H,25-26H2. The molecule has 128 valence electrons. The van der Waals surface area contributed by atoms with Crippen molar-refractivity contribution in [1.82, 2.24) is 0 Å². The van der Waals surface area contributed by atoms with Crippen LogP contribution < -0.4 is 11.5 Å². The fraction of sp³-hybridized carbons (Fsp3) is 0.0833. The quantitative estimate of drug-likeness (QED) is 0.677. The topological polar surface area (TPSA) is 52.0 Å². The Morgan fingerprint density at radius 3 is 1.88 bits per heavy atom. The number of hydrogen-bond donors (Lipinski definition) is 2. The maximum atomic E-state index is 6.22. The van der Waals surface area contributed by atoms with Crippen LogP contribution in [0.15, 0.2) is 109 Å². The Labute approximate surface area is 154 Å². The second-order valence-electron chi connectivity index (χ2n) is 6.75. The lowest BCUT2D eigenvalue weighted by Gasteiger charge is -2.41. The van der Waals surface area contributed by atoms with Gasteiger partial charge in [0, 0.05) is 22.7 Å². The maximum Gasteiger partial charge on any atom is 0.0489 e. The highest BCUT2D eigenvalue weighted by Gasteiger charge is 2.41. The molecular formula is C24H22N2. The summed E-state index contributed by atoms with van der Waals surface area (Å²) in [6, 6.07) is 29.3. The van der Waals surface area contributed by atoms with E-state index in [2.05, 4.69) is 78.9 Å². The lowest BCUT2D eigenvalue weighted by Crippen LogP contribution is -2.35. The van der Waals surface area contributed by atoms with Crippen LogP contribution in [-0.4, -0.2) is 0 Å². The first-order chi connectivity index (χ1) is 12.7. The minimum atomic E-state index is -0.334. The molecule has 26 heavy (non-hydrogen) atoms. The predicted molar refractivity (Wildman–Crippen MR) is 109 cm³/mol. The molecule has 2 unspecified atom stereocenters. The van der Waals surface area contributed by atoms with Crippen LogP contribution in [0.5, 0.6) is 0 Å². The number of nitrogen functional groups attached to an aromatic ring is 1. The first-order valence-corrected chi connectivity index (χ1v) is 8.83. The summed E-state index contributed by atoms with van der Waals surface area (Å²) < 4.78 is 0. The summed E-state index contributed by atoms with van der Waals surface area (Å²) in [4.78, 5) is 0. The van der Waals surface area contributed by atoms with Crippen molar-refractivity contribution in [3.8, 4) is 0 Å². The Bertz CT molecular complexity index is 941. The van der Waals surface area contributed by atoms with Gasteiger partial charge >= 0.3 is 0 Å². The van der Waals surface area contributed by atoms with Gasteiger partial charge < -0.3 is 11.5 Å². The van der Waals surface area contributed by atoms with Crippen LogP contribution in [-0.2, 0) is 5.41 Å². The molecule has 0 spiro atoms. The van der Waals surface area contributed by atoms with Crippen molar-refractivity contribution in [3.05, 3.63) is 126 Å². The van der Waals surface area contributed by atoms with E-state index >= 15 is 0 Å². The zero-order chi connectivity index (χ0) is 18.0. The lowest BCUT2D eigenvalue weighted by atomic mass is 9.61. The van der Waals surface area contributed by atoms with Gasteiger partial charge in [-0.2, -0.15) is 0 Å². The third kappa shape index (κ3) is 2.70. The van der Waals surface area contributed by atoms with Crippen LogP contribution in [0.4, 0.5) is 5.69 Å². The zero-order valence-electron chi connectivity index (χ0n) is 14.5. The highest BCUT2D eigenvalue weighted by Crippen LogP contribution is 2.49. The summed E-state index contributed by atoms with van der Waals surface area (Å²) in [7, 11) is 0. The monoisotopic (exact) mass is 338 g/mol. The molecule has 2 atom stereocenters. The molecule has 0 heterocycles. The molecule has 0 aromatic heterocycles. The number of allylic oxidation sites excluding steroid dienone is 3. The molecule has 4 rings (SSSR count). The Morgan fingerprint density at radius 1 is 0.654 bits per heavy atom. The van der Waals surface area contributed by atoms with Crippen LogP contribution >= 0.6 is 0 Å². The normalized spacial score (nSPS) is 22.0. The molecule has 0 saturated heterocycles. The molecule has 0 aliphatic heterocycles. The van der Waals surface area contributed by atoms with E-state index in [-0.39, 0.29) is 11.3 Å². The van der Waals surface area contributed by atoms with Gasteiger partial charge in [-0.1, -0.05) is 84.9 Å². The average Bonchev–Trinajstić information content (AvgIpc) is 2.70. The number of hydrogen-bond acceptors (Lipinski definition) is 2. The summed E-state index contributed by atoms with van der Waals surface area (Å²) in [6.45, 7) is 0. The molecule has 0 bridgehead atoms. The number of nitrogens with two attached hydrogens (primary N) is 2. The zero-order valence-corrected chi connectivity index (χ0v) is 14.5. The van der Waals surface area contributed by atoms with Crippen molar-refractivity contribution in [3.63, 3.8) is 0 Å². The molecular weight excluding hydrogens is 316 g/mol. The molecule has 0 saturated carbocycles. The highest BCUT2D eigenvalue weighted by molar-refractivity contribution is 5.56. The molecule has 2 nitrogen and oxygen atoms in total. The molecule has 0 amide bonds. The third-order valence-corrected chi connectivity index (χ3v) is 5.19. The minimum Gasteiger partial charge on any atom is -0.399 e. The van der Waals surface area contributed by atoms with Gasteiger partial charge in [-0.15, -0.1) is 0 Å². The first kappa shape index (κ1) is 16.2. The van der Waals surface area contributed by atoms with E-state index in [1.165, 1.54) is 16.7 Å². The van der Waals surface area contributed by atoms with Crippen molar-refractivity contribution >= 4 is 5.69 Å². The molecule has 1 aliphatic rings. The summed E-state index contributed by atoms with van der Waals surface area (Å²) in [5.74, 6) is 0.0970. The van der Waals surface area contributed by atoms with Crippen molar-refractivity contribution in [2.24, 2.45) is 5.73 Å². The van der Waals surface area contributed by atoms with Gasteiger partial charge in [0.15, 0.2) is 0 Å². The summed E-state index contributed by atoms with van der Waals surface area (Å²) in [5, 5.41) is 0. The van der Waals surface area contributed by atoms with Crippen LogP contribution in [0, 0.1) is 0 Å². The molecule has 3 aromatic rings. The van der Waals surface area contributed by atoms with Crippen LogP contribution in [0.25, 0.3) is 0 Å². The smallest absolute Gasteiger partial charge is 0.0489 e. The second kappa shape index (κ2) is 6.57. The highest BCUT2D eigenvalue weighted by atomic mass is 14.6. The average molecular weight is 338 g/mol. The first-order valence-electron chi connectivity index (χ1n) is 8.83. The van der Waals surface area contributed by atoms with E-state index in [9.17, 15) is 0 Å². The van der Waals surface area contributed by atoms with Gasteiger partial charge in [-0.25, -0.2) is 0 Å². The Morgan fingerprint density at radius 2 is 1.23 bits per heavy atom. The van der Waals surface area contributed by atoms with Crippen LogP contribution in [0.3, 0.4) is 0 Å². The van der Waals surface area contributed by atoms with Crippen LogP contribution in [0.2, 0.25) is 0 Å². The van der Waals surface area contributed by atoms with Gasteiger partial charge in [0.05, 0.1) is 0 Å². The van der Waals surface area contributed by atoms with Gasteiger partial charge in [0.25, 0.3) is 0 Å². The van der Waals surface area contributed by atoms with Gasteiger partial charge in [-0.05, 0) is 34.9 Å². The molecule has 0 radical (unpaired) electrons. The van der Waals surface area contributed by atoms with E-state index in [0.717, 1.165) is 11.4 Å². The fourth-order valence-electron chi connectivity index (χ4n) is 3.92. The predicted octanol–water partition coefficient (Wildman–Crippen LogP) is 4.75. The minimum absolute atomic E-state index is 0.0970. The molecule has 4 N–H and O–H groups in total. The van der Waals surface area contributed by atoms with E-state index in [4.69, 9.17) is 11.5 Å². The van der Waals surface area contributed by atoms with Crippen molar-refractivity contribution in [1.29, 1.82) is 0 Å². The van der Waals surface area contributed by atoms with Gasteiger partial charge in [0.2, 0.25) is 0 Å². The fourth-order valence-corrected chi connectivity index (χ4v) is 3.92. The van der Waals surface area contributed by atoms with Crippen molar-refractivity contribution < 1.29 is 0 Å². The van der Waals surface area contributed by atoms with Crippen molar-refractivity contribution in [2.75, 3.05) is 5.73 Å². The second-order valence-corrected chi connectivity index (χ2v) is 6.75. The van der Waals surface area contributed by atoms with E-state index in [1.807, 2.05) is 24.3 Å². The molecule has 3 aromatic carbocycles. The molecule has 1 aliphatic carbocycles. The lowest BCUT2D eigenvalue weighted by molar-refractivity contribution is 0.561. The number of benzene rings is 3. The van der Waals surface area contributed by atoms with Crippen LogP contribution in [0.1, 0.15) is 22.6 Å². The van der Waals surface area contributed by atoms with E-state index < -0.39 is 0 Å². The summed E-state index contributed by atoms with van der Waals surface area (Å²) in [6.07, 6.45) is 6.42. The van der Waals surface area contributed by atoms with Gasteiger partial charge in [0.1, 0.15) is 0 Å². The molecule has 0 fully saturated rings. The summed E-state index contributed by atoms with van der Waals surface area (Å²) in [5.41, 5.74) is 17.1. The summed E-state index contributed by atoms with van der Waals surface area (Å²) >= 11 is 0. The Hall–Kier alpha value is -3.26. The van der Waals surface area contributed by atoms with E-state index in [1.54, 1.807) is 0 Å². The molecule has 2 heteroatoms. The SMILES string of the molecule is NC1=CC(c2ccccc2)C(c2ccccc2)(c2ccc(N)cc2)C=C1. The number of rotatable bonds is 3. The number of anilines is 1. The maximum absolute atomic E-state index is 6.22.